The van der Waals surface area contributed by atoms with E-state index >= 15 is 0 Å². The average Bonchev–Trinajstić information content (AvgIpc) is 1.09. The zero-order chi connectivity index (χ0) is 66.6. The van der Waals surface area contributed by atoms with Crippen LogP contribution in [0.2, 0.25) is 0 Å². The maximum atomic E-state index is 14.2. The number of hydrogen-bond acceptors (Lipinski definition) is 26. The van der Waals surface area contributed by atoms with Gasteiger partial charge in [-0.15, -0.1) is 0 Å². The molecule has 3 saturated heterocycles. The van der Waals surface area contributed by atoms with Gasteiger partial charge in [0.2, 0.25) is 35.4 Å². The molecule has 90 heavy (non-hydrogen) atoms. The molecule has 33 heteroatoms. The van der Waals surface area contributed by atoms with Crippen LogP contribution < -0.4 is 42.0 Å². The van der Waals surface area contributed by atoms with Gasteiger partial charge < -0.3 is 131 Å². The van der Waals surface area contributed by atoms with E-state index < -0.39 is 164 Å². The van der Waals surface area contributed by atoms with Gasteiger partial charge in [-0.3, -0.25) is 33.6 Å². The minimum Gasteiger partial charge on any atom is -0.488 e. The van der Waals surface area contributed by atoms with Crippen LogP contribution >= 0.6 is 0 Å². The van der Waals surface area contributed by atoms with Gasteiger partial charge in [-0.25, -0.2) is 0 Å². The predicted octanol–water partition coefficient (Wildman–Crippen LogP) is -6.05. The summed E-state index contributed by atoms with van der Waals surface area (Å²) in [6.45, 7) is 6.80. The summed E-state index contributed by atoms with van der Waals surface area (Å²) in [4.78, 5) is 90.4. The van der Waals surface area contributed by atoms with E-state index in [0.29, 0.717) is 5.75 Å². The Bertz CT molecular complexity index is 2170. The van der Waals surface area contributed by atoms with Crippen molar-refractivity contribution in [1.29, 1.82) is 0 Å². The quantitative estimate of drug-likeness (QED) is 0.0273. The lowest BCUT2D eigenvalue weighted by Crippen LogP contribution is -2.64. The lowest BCUT2D eigenvalue weighted by atomic mass is 9.82. The molecule has 3 aliphatic rings. The van der Waals surface area contributed by atoms with E-state index in [1.54, 1.807) is 24.3 Å². The molecular formula is C57H95N7O26. The van der Waals surface area contributed by atoms with Crippen molar-refractivity contribution in [1.82, 2.24) is 37.2 Å². The smallest absolute Gasteiger partial charge is 0.251 e. The van der Waals surface area contributed by atoms with Gasteiger partial charge in [-0.05, 0) is 64.3 Å². The van der Waals surface area contributed by atoms with Gasteiger partial charge in [0.25, 0.3) is 5.91 Å². The summed E-state index contributed by atoms with van der Waals surface area (Å²) in [5, 5.41) is 110. The molecule has 16 N–H and O–H groups in total. The van der Waals surface area contributed by atoms with Crippen molar-refractivity contribution in [2.75, 3.05) is 98.9 Å². The van der Waals surface area contributed by atoms with Crippen molar-refractivity contribution in [2.24, 2.45) is 0 Å². The molecule has 1 aromatic carbocycles. The third-order valence-electron chi connectivity index (χ3n) is 14.4. The van der Waals surface area contributed by atoms with Crippen molar-refractivity contribution in [3.05, 3.63) is 29.8 Å². The van der Waals surface area contributed by atoms with Crippen LogP contribution in [0.1, 0.15) is 90.4 Å². The van der Waals surface area contributed by atoms with Gasteiger partial charge in [0.1, 0.15) is 84.4 Å². The molecule has 33 nitrogen and oxygen atoms in total. The topological polar surface area (TPSA) is 478 Å². The summed E-state index contributed by atoms with van der Waals surface area (Å²) in [5.41, 5.74) is -1.73. The summed E-state index contributed by atoms with van der Waals surface area (Å²) in [5.74, 6) is -3.11. The van der Waals surface area contributed by atoms with Crippen molar-refractivity contribution in [3.63, 3.8) is 0 Å². The molecule has 15 atom stereocenters. The molecule has 3 aliphatic heterocycles. The Balaban J connectivity index is 1.41. The normalized spacial score (nSPS) is 27.5. The number of carbonyl (C=O) groups is 7. The Kier molecular flexibility index (Phi) is 33.6. The second-order valence-corrected chi connectivity index (χ2v) is 22.8. The molecule has 0 spiro atoms. The molecule has 514 valence electrons. The molecule has 1 aromatic rings. The average molecular weight is 1290 g/mol. The maximum absolute atomic E-state index is 14.2. The van der Waals surface area contributed by atoms with Crippen molar-refractivity contribution < 1.29 is 127 Å². The number of benzene rings is 1. The van der Waals surface area contributed by atoms with E-state index in [4.69, 9.17) is 47.4 Å². The van der Waals surface area contributed by atoms with Crippen LogP contribution in [0, 0.1) is 0 Å². The minimum absolute atomic E-state index is 0.00704. The van der Waals surface area contributed by atoms with E-state index in [2.05, 4.69) is 37.2 Å². The van der Waals surface area contributed by atoms with E-state index in [1.807, 2.05) is 20.8 Å². The first-order valence-corrected chi connectivity index (χ1v) is 29.9. The molecule has 0 radical (unpaired) electrons. The van der Waals surface area contributed by atoms with Gasteiger partial charge in [-0.2, -0.15) is 0 Å². The largest absolute Gasteiger partial charge is 0.488 e. The highest BCUT2D eigenvalue weighted by Crippen LogP contribution is 2.29. The first-order valence-electron chi connectivity index (χ1n) is 29.9. The number of aliphatic hydroxyl groups is 9. The summed E-state index contributed by atoms with van der Waals surface area (Å²) in [6.07, 6.45) is -17.2. The highest BCUT2D eigenvalue weighted by Gasteiger charge is 2.48. The first kappa shape index (κ1) is 77.0. The third kappa shape index (κ3) is 26.3. The molecule has 15 unspecified atom stereocenters. The highest BCUT2D eigenvalue weighted by molar-refractivity contribution is 5.95. The Hall–Kier alpha value is -5.41. The summed E-state index contributed by atoms with van der Waals surface area (Å²) < 4.78 is 56.5. The third-order valence-corrected chi connectivity index (χ3v) is 14.4. The molecule has 0 aliphatic carbocycles. The van der Waals surface area contributed by atoms with E-state index in [0.717, 1.165) is 0 Å². The van der Waals surface area contributed by atoms with Crippen LogP contribution in [0.3, 0.4) is 0 Å². The molecule has 4 rings (SSSR count). The second kappa shape index (κ2) is 39.2. The highest BCUT2D eigenvalue weighted by atomic mass is 16.7. The molecule has 0 bridgehead atoms. The Morgan fingerprint density at radius 3 is 1.04 bits per heavy atom. The second-order valence-electron chi connectivity index (χ2n) is 22.8. The molecule has 3 heterocycles. The molecule has 7 amide bonds. The monoisotopic (exact) mass is 1290 g/mol. The SMILES string of the molecule is CC(=O)NC1C(OCCOCCNC(=O)CCC(CCC(=O)NCCOCCOC2OC(CO)C(O)C(O)C2NC(C)=O)(CCC(=O)NCCOCCOC2OC(CO)C(O)C(O)C2NC(C)=O)NC(=O)c2ccc(OC(C)(C)C)cc2)OC(CO)C(O)C1O. The standard InChI is InChI=1S/C57H95N7O26/c1-32(68)61-43-49(77)46(74)37(29-65)87-53(43)84-26-23-81-20-17-58-40(71)11-14-57(64-52(80)35-7-9-36(10-8-35)90-56(4,5)6,15-12-41(72)59-18-21-82-24-27-85-54-44(62-33(2)69)50(78)47(75)38(30-66)88-54)16-13-42(73)60-19-22-83-25-28-86-55-45(63-34(3)70)51(79)48(76)39(31-67)89-55/h7-10,37-39,43-51,53-55,65-67,74-79H,11-31H2,1-6H3,(H,58,71)(H,59,72)(H,60,73)(H,61,68)(H,62,69)(H,63,70)(H,64,80). The number of amides is 7. The molecule has 3 fully saturated rings. The summed E-state index contributed by atoms with van der Waals surface area (Å²) >= 11 is 0. The fourth-order valence-corrected chi connectivity index (χ4v) is 9.83. The molecule has 0 saturated carbocycles. The lowest BCUT2D eigenvalue weighted by molar-refractivity contribution is -0.272. The lowest BCUT2D eigenvalue weighted by Gasteiger charge is -2.42. The van der Waals surface area contributed by atoms with Gasteiger partial charge in [0.05, 0.1) is 79.3 Å². The van der Waals surface area contributed by atoms with E-state index in [9.17, 15) is 79.5 Å². The van der Waals surface area contributed by atoms with Crippen LogP contribution in [-0.2, 0) is 71.4 Å². The maximum Gasteiger partial charge on any atom is 0.251 e. The summed E-state index contributed by atoms with van der Waals surface area (Å²) in [7, 11) is 0. The van der Waals surface area contributed by atoms with Crippen LogP contribution in [0.5, 0.6) is 5.75 Å². The van der Waals surface area contributed by atoms with Crippen LogP contribution in [-0.4, -0.2) is 289 Å². The van der Waals surface area contributed by atoms with Crippen LogP contribution in [0.4, 0.5) is 0 Å². The minimum atomic E-state index is -1.51. The number of aliphatic hydroxyl groups excluding tert-OH is 9. The first-order chi connectivity index (χ1) is 42.7. The predicted molar refractivity (Wildman–Crippen MR) is 310 cm³/mol. The number of nitrogens with one attached hydrogen (secondary N) is 7. The van der Waals surface area contributed by atoms with E-state index in [1.165, 1.54) is 20.8 Å². The van der Waals surface area contributed by atoms with E-state index in [-0.39, 0.29) is 123 Å². The molecule has 0 aromatic heterocycles. The van der Waals surface area contributed by atoms with Gasteiger partial charge >= 0.3 is 0 Å². The van der Waals surface area contributed by atoms with Gasteiger partial charge in [0.15, 0.2) is 18.9 Å². The van der Waals surface area contributed by atoms with Gasteiger partial charge in [-0.1, -0.05) is 0 Å². The molecular weight excluding hydrogens is 1200 g/mol. The van der Waals surface area contributed by atoms with Crippen molar-refractivity contribution in [3.8, 4) is 5.75 Å². The fraction of sp³-hybridized carbons (Fsp3) is 0.772. The number of carbonyl (C=O) groups excluding carboxylic acids is 7. The zero-order valence-electron chi connectivity index (χ0n) is 51.8. The Labute approximate surface area is 521 Å². The van der Waals surface area contributed by atoms with Crippen LogP contribution in [0.25, 0.3) is 0 Å². The summed E-state index contributed by atoms with van der Waals surface area (Å²) in [6, 6.07) is 2.84. The van der Waals surface area contributed by atoms with Gasteiger partial charge in [0, 0.05) is 70.8 Å². The number of ether oxygens (including phenoxy) is 10. The van der Waals surface area contributed by atoms with Crippen molar-refractivity contribution >= 4 is 41.4 Å². The Morgan fingerprint density at radius 1 is 0.456 bits per heavy atom. The van der Waals surface area contributed by atoms with Crippen molar-refractivity contribution in [2.45, 2.75) is 183 Å². The zero-order valence-corrected chi connectivity index (χ0v) is 51.8. The van der Waals surface area contributed by atoms with Crippen LogP contribution in [0.15, 0.2) is 24.3 Å². The number of hydrogen-bond donors (Lipinski definition) is 16. The Morgan fingerprint density at radius 2 is 0.767 bits per heavy atom. The fourth-order valence-electron chi connectivity index (χ4n) is 9.83. The number of rotatable bonds is 39.